The molecule has 28 heavy (non-hydrogen) atoms. The van der Waals surface area contributed by atoms with Gasteiger partial charge in [0.1, 0.15) is 6.10 Å². The highest BCUT2D eigenvalue weighted by molar-refractivity contribution is 5.91. The van der Waals surface area contributed by atoms with E-state index >= 15 is 0 Å². The summed E-state index contributed by atoms with van der Waals surface area (Å²) in [5.41, 5.74) is 1.03. The fraction of sp³-hybridized carbons (Fsp3) is 0.826. The van der Waals surface area contributed by atoms with Crippen molar-refractivity contribution >= 4 is 11.8 Å². The lowest BCUT2D eigenvalue weighted by atomic mass is 9.46. The lowest BCUT2D eigenvalue weighted by Crippen LogP contribution is -2.57. The number of rotatable bonds is 3. The molecule has 2 N–H and O–H groups in total. The third kappa shape index (κ3) is 2.88. The third-order valence-electron chi connectivity index (χ3n) is 8.91. The van der Waals surface area contributed by atoms with Crippen molar-refractivity contribution in [3.8, 4) is 0 Å². The number of aliphatic hydroxyl groups excluding tert-OH is 2. The Bertz CT molecular complexity index is 699. The molecule has 0 aromatic heterocycles. The van der Waals surface area contributed by atoms with Gasteiger partial charge in [-0.05, 0) is 73.2 Å². The molecule has 3 saturated carbocycles. The van der Waals surface area contributed by atoms with Gasteiger partial charge in [0.15, 0.2) is 5.78 Å². The molecule has 4 aliphatic rings. The summed E-state index contributed by atoms with van der Waals surface area (Å²) in [6.07, 6.45) is 6.99. The van der Waals surface area contributed by atoms with Crippen molar-refractivity contribution in [2.75, 3.05) is 6.61 Å². The first kappa shape index (κ1) is 20.1. The Balaban J connectivity index is 1.65. The van der Waals surface area contributed by atoms with Gasteiger partial charge in [0.25, 0.3) is 0 Å². The number of carbonyl (C=O) groups excluding carboxylic acids is 2. The molecule has 3 fully saturated rings. The molecule has 0 bridgehead atoms. The average molecular weight is 391 g/mol. The van der Waals surface area contributed by atoms with Gasteiger partial charge in [-0.15, -0.1) is 0 Å². The monoisotopic (exact) mass is 390 g/mol. The van der Waals surface area contributed by atoms with E-state index in [-0.39, 0.29) is 41.0 Å². The Morgan fingerprint density at radius 2 is 2.04 bits per heavy atom. The van der Waals surface area contributed by atoms with Crippen molar-refractivity contribution < 1.29 is 24.5 Å². The van der Waals surface area contributed by atoms with Crippen molar-refractivity contribution in [3.05, 3.63) is 11.6 Å². The number of esters is 1. The minimum atomic E-state index is -0.488. The second kappa shape index (κ2) is 6.94. The molecule has 0 aromatic rings. The van der Waals surface area contributed by atoms with Crippen LogP contribution >= 0.6 is 0 Å². The van der Waals surface area contributed by atoms with Crippen molar-refractivity contribution in [1.29, 1.82) is 0 Å². The zero-order valence-corrected chi connectivity index (χ0v) is 17.3. The number of ether oxygens (including phenoxy) is 1. The Kier molecular flexibility index (Phi) is 4.98. The van der Waals surface area contributed by atoms with Gasteiger partial charge in [0.2, 0.25) is 0 Å². The number of carbonyl (C=O) groups is 2. The summed E-state index contributed by atoms with van der Waals surface area (Å²) < 4.78 is 5.47. The molecule has 5 heteroatoms. The first-order valence-electron chi connectivity index (χ1n) is 10.9. The molecule has 0 radical (unpaired) electrons. The molecule has 0 aliphatic heterocycles. The SMILES string of the molecule is CC(=O)O[C@H](CO)[C@H]1CC[C@H]2[C@@H]3CCC4=CC(=O)CC[C@]4(C)[C@H]3[C@H](O)C[C@]12C. The van der Waals surface area contributed by atoms with Crippen molar-refractivity contribution in [1.82, 2.24) is 0 Å². The van der Waals surface area contributed by atoms with Crippen LogP contribution in [0.3, 0.4) is 0 Å². The van der Waals surface area contributed by atoms with Gasteiger partial charge in [-0.1, -0.05) is 19.4 Å². The molecule has 4 rings (SSSR count). The van der Waals surface area contributed by atoms with E-state index in [1.165, 1.54) is 12.5 Å². The van der Waals surface area contributed by atoms with Gasteiger partial charge in [-0.3, -0.25) is 9.59 Å². The second-order valence-electron chi connectivity index (χ2n) is 10.2. The first-order chi connectivity index (χ1) is 13.2. The molecular weight excluding hydrogens is 356 g/mol. The Morgan fingerprint density at radius 3 is 2.71 bits per heavy atom. The van der Waals surface area contributed by atoms with Crippen LogP contribution in [0.4, 0.5) is 0 Å². The van der Waals surface area contributed by atoms with E-state index in [0.29, 0.717) is 24.7 Å². The minimum Gasteiger partial charge on any atom is -0.460 e. The summed E-state index contributed by atoms with van der Waals surface area (Å²) in [5, 5.41) is 21.2. The minimum absolute atomic E-state index is 0.0814. The van der Waals surface area contributed by atoms with E-state index in [9.17, 15) is 19.8 Å². The fourth-order valence-corrected chi connectivity index (χ4v) is 7.80. The quantitative estimate of drug-likeness (QED) is 0.724. The maximum Gasteiger partial charge on any atom is 0.302 e. The van der Waals surface area contributed by atoms with Gasteiger partial charge >= 0.3 is 5.97 Å². The molecule has 0 aromatic carbocycles. The third-order valence-corrected chi connectivity index (χ3v) is 8.91. The van der Waals surface area contributed by atoms with E-state index < -0.39 is 12.2 Å². The van der Waals surface area contributed by atoms with Gasteiger partial charge in [-0.25, -0.2) is 0 Å². The van der Waals surface area contributed by atoms with Crippen LogP contribution in [-0.2, 0) is 14.3 Å². The molecule has 156 valence electrons. The number of aliphatic hydroxyl groups is 2. The van der Waals surface area contributed by atoms with Crippen LogP contribution in [0.5, 0.6) is 0 Å². The summed E-state index contributed by atoms with van der Waals surface area (Å²) >= 11 is 0. The molecule has 4 aliphatic carbocycles. The standard InChI is InChI=1S/C23H34O5/c1-13(25)28-20(12-24)18-7-6-17-16-5-4-14-10-15(26)8-9-22(14,2)21(16)19(27)11-23(17,18)3/h10,16-21,24,27H,4-9,11-12H2,1-3H3/t16-,17-,18+,19+,20+,21+,22-,23-/m0/s1. The summed E-state index contributed by atoms with van der Waals surface area (Å²) in [5.74, 6) is 1.04. The van der Waals surface area contributed by atoms with E-state index in [0.717, 1.165) is 32.1 Å². The average Bonchev–Trinajstić information content (AvgIpc) is 2.96. The second-order valence-corrected chi connectivity index (χ2v) is 10.2. The van der Waals surface area contributed by atoms with E-state index in [2.05, 4.69) is 13.8 Å². The number of ketones is 1. The van der Waals surface area contributed by atoms with Crippen LogP contribution in [0.15, 0.2) is 11.6 Å². The molecule has 0 amide bonds. The lowest BCUT2D eigenvalue weighted by Gasteiger charge is -2.60. The zero-order chi connectivity index (χ0) is 20.3. The Labute approximate surface area is 167 Å². The molecule has 0 unspecified atom stereocenters. The molecule has 0 heterocycles. The first-order valence-corrected chi connectivity index (χ1v) is 10.9. The smallest absolute Gasteiger partial charge is 0.302 e. The van der Waals surface area contributed by atoms with Gasteiger partial charge in [-0.2, -0.15) is 0 Å². The van der Waals surface area contributed by atoms with Crippen molar-refractivity contribution in [3.63, 3.8) is 0 Å². The van der Waals surface area contributed by atoms with Crippen LogP contribution in [0, 0.1) is 34.5 Å². The van der Waals surface area contributed by atoms with Crippen LogP contribution < -0.4 is 0 Å². The molecular formula is C23H34O5. The van der Waals surface area contributed by atoms with E-state index in [1.807, 2.05) is 6.08 Å². The lowest BCUT2D eigenvalue weighted by molar-refractivity contribution is -0.165. The number of hydrogen-bond acceptors (Lipinski definition) is 5. The Hall–Kier alpha value is -1.20. The Morgan fingerprint density at radius 1 is 1.29 bits per heavy atom. The van der Waals surface area contributed by atoms with Gasteiger partial charge < -0.3 is 14.9 Å². The normalized spacial score (nSPS) is 46.1. The van der Waals surface area contributed by atoms with Crippen molar-refractivity contribution in [2.45, 2.75) is 77.9 Å². The van der Waals surface area contributed by atoms with Gasteiger partial charge in [0, 0.05) is 19.3 Å². The summed E-state index contributed by atoms with van der Waals surface area (Å²) in [6.45, 7) is 5.72. The topological polar surface area (TPSA) is 83.8 Å². The highest BCUT2D eigenvalue weighted by atomic mass is 16.5. The summed E-state index contributed by atoms with van der Waals surface area (Å²) in [7, 11) is 0. The maximum atomic E-state index is 12.0. The number of hydrogen-bond donors (Lipinski definition) is 2. The summed E-state index contributed by atoms with van der Waals surface area (Å²) in [4.78, 5) is 23.5. The van der Waals surface area contributed by atoms with Crippen LogP contribution in [0.25, 0.3) is 0 Å². The van der Waals surface area contributed by atoms with Gasteiger partial charge in [0.05, 0.1) is 12.7 Å². The highest BCUT2D eigenvalue weighted by Crippen LogP contribution is 2.67. The molecule has 0 saturated heterocycles. The molecule has 8 atom stereocenters. The van der Waals surface area contributed by atoms with Crippen molar-refractivity contribution in [2.24, 2.45) is 34.5 Å². The number of fused-ring (bicyclic) bond motifs is 5. The van der Waals surface area contributed by atoms with E-state index in [1.54, 1.807) is 0 Å². The predicted molar refractivity (Wildman–Crippen MR) is 104 cm³/mol. The predicted octanol–water partition coefficient (Wildman–Crippen LogP) is 3.03. The molecule has 5 nitrogen and oxygen atoms in total. The number of allylic oxidation sites excluding steroid dienone is 1. The maximum absolute atomic E-state index is 12.0. The van der Waals surface area contributed by atoms with E-state index in [4.69, 9.17) is 4.74 Å². The largest absolute Gasteiger partial charge is 0.460 e. The van der Waals surface area contributed by atoms with Crippen LogP contribution in [0.1, 0.15) is 65.7 Å². The van der Waals surface area contributed by atoms with Crippen LogP contribution in [0.2, 0.25) is 0 Å². The fourth-order valence-electron chi connectivity index (χ4n) is 7.80. The zero-order valence-electron chi connectivity index (χ0n) is 17.3. The summed E-state index contributed by atoms with van der Waals surface area (Å²) in [6, 6.07) is 0. The van der Waals surface area contributed by atoms with Crippen LogP contribution in [-0.4, -0.2) is 40.8 Å². The highest BCUT2D eigenvalue weighted by Gasteiger charge is 2.63. The molecule has 0 spiro atoms.